The van der Waals surface area contributed by atoms with Crippen molar-refractivity contribution in [3.05, 3.63) is 53.7 Å². The number of anilines is 1. The molecule has 1 aromatic carbocycles. The summed E-state index contributed by atoms with van der Waals surface area (Å²) in [6.07, 6.45) is -0.738. The molecule has 2 aromatic rings. The lowest BCUT2D eigenvalue weighted by Gasteiger charge is -2.35. The van der Waals surface area contributed by atoms with E-state index in [0.717, 1.165) is 12.3 Å². The third-order valence-corrected chi connectivity index (χ3v) is 4.89. The second-order valence-corrected chi connectivity index (χ2v) is 7.07. The number of hydrogen-bond donors (Lipinski definition) is 0. The zero-order chi connectivity index (χ0) is 24.0. The molecule has 0 radical (unpaired) electrons. The van der Waals surface area contributed by atoms with Crippen molar-refractivity contribution in [2.75, 3.05) is 37.7 Å². The van der Waals surface area contributed by atoms with Gasteiger partial charge in [-0.1, -0.05) is 6.07 Å². The molecule has 6 nitrogen and oxygen atoms in total. The Morgan fingerprint density at radius 1 is 1.12 bits per heavy atom. The summed E-state index contributed by atoms with van der Waals surface area (Å²) in [6.45, 7) is 0.567. The Morgan fingerprint density at radius 2 is 1.85 bits per heavy atom. The molecular formula is C22H22F5N3O3. The van der Waals surface area contributed by atoms with Gasteiger partial charge in [0.15, 0.2) is 11.5 Å². The van der Waals surface area contributed by atoms with Crippen molar-refractivity contribution in [1.29, 1.82) is 0 Å². The summed E-state index contributed by atoms with van der Waals surface area (Å²) in [5.41, 5.74) is -0.243. The number of halogens is 5. The van der Waals surface area contributed by atoms with Crippen molar-refractivity contribution in [3.8, 4) is 11.5 Å². The minimum absolute atomic E-state index is 0.0941. The number of nitrogens with zero attached hydrogens (tertiary/aromatic N) is 3. The van der Waals surface area contributed by atoms with Crippen LogP contribution in [0.4, 0.5) is 27.8 Å². The first kappa shape index (κ1) is 24.3. The number of ether oxygens (including phenoxy) is 2. The van der Waals surface area contributed by atoms with Crippen LogP contribution in [0.15, 0.2) is 42.6 Å². The summed E-state index contributed by atoms with van der Waals surface area (Å²) >= 11 is 0. The van der Waals surface area contributed by atoms with E-state index in [2.05, 4.69) is 9.72 Å². The molecule has 0 N–H and O–H groups in total. The van der Waals surface area contributed by atoms with Gasteiger partial charge in [0.2, 0.25) is 5.91 Å². The Bertz CT molecular complexity index is 972. The monoisotopic (exact) mass is 471 g/mol. The normalized spacial score (nSPS) is 14.8. The SMILES string of the molecule is CCOc1cc(/C=C/C(=O)N2CCN(c3ccc(C(F)(F)F)cn3)CC2)ccc1OC(F)F. The molecule has 1 amide bonds. The highest BCUT2D eigenvalue weighted by Crippen LogP contribution is 2.31. The molecule has 0 aliphatic carbocycles. The van der Waals surface area contributed by atoms with Gasteiger partial charge in [-0.2, -0.15) is 22.0 Å². The first-order chi connectivity index (χ1) is 15.7. The number of piperazine rings is 1. The van der Waals surface area contributed by atoms with Gasteiger partial charge in [0.25, 0.3) is 0 Å². The summed E-state index contributed by atoms with van der Waals surface area (Å²) in [7, 11) is 0. The molecule has 0 spiro atoms. The van der Waals surface area contributed by atoms with E-state index in [-0.39, 0.29) is 24.0 Å². The molecule has 1 aliphatic heterocycles. The van der Waals surface area contributed by atoms with Gasteiger partial charge in [-0.15, -0.1) is 0 Å². The van der Waals surface area contributed by atoms with Crippen LogP contribution in [0.5, 0.6) is 11.5 Å². The van der Waals surface area contributed by atoms with Gasteiger partial charge >= 0.3 is 12.8 Å². The van der Waals surface area contributed by atoms with Gasteiger partial charge in [-0.25, -0.2) is 4.98 Å². The third-order valence-electron chi connectivity index (χ3n) is 4.89. The van der Waals surface area contributed by atoms with Crippen molar-refractivity contribution in [2.24, 2.45) is 0 Å². The van der Waals surface area contributed by atoms with Crippen molar-refractivity contribution in [3.63, 3.8) is 0 Å². The summed E-state index contributed by atoms with van der Waals surface area (Å²) in [5, 5.41) is 0. The van der Waals surface area contributed by atoms with Crippen LogP contribution < -0.4 is 14.4 Å². The van der Waals surface area contributed by atoms with Gasteiger partial charge in [0.1, 0.15) is 5.82 Å². The fourth-order valence-corrected chi connectivity index (χ4v) is 3.26. The average Bonchev–Trinajstić information content (AvgIpc) is 2.78. The van der Waals surface area contributed by atoms with Crippen molar-refractivity contribution in [2.45, 2.75) is 19.7 Å². The fourth-order valence-electron chi connectivity index (χ4n) is 3.26. The smallest absolute Gasteiger partial charge is 0.417 e. The quantitative estimate of drug-likeness (QED) is 0.441. The maximum absolute atomic E-state index is 12.7. The molecular weight excluding hydrogens is 449 g/mol. The van der Waals surface area contributed by atoms with Crippen LogP contribution in [-0.2, 0) is 11.0 Å². The molecule has 3 rings (SSSR count). The summed E-state index contributed by atoms with van der Waals surface area (Å²) in [4.78, 5) is 19.8. The molecule has 0 bridgehead atoms. The minimum atomic E-state index is -4.44. The molecule has 11 heteroatoms. The van der Waals surface area contributed by atoms with Crippen LogP contribution in [-0.4, -0.2) is 55.2 Å². The molecule has 1 aliphatic rings. The number of pyridine rings is 1. The minimum Gasteiger partial charge on any atom is -0.490 e. The first-order valence-electron chi connectivity index (χ1n) is 10.1. The topological polar surface area (TPSA) is 54.9 Å². The van der Waals surface area contributed by atoms with E-state index < -0.39 is 18.4 Å². The van der Waals surface area contributed by atoms with E-state index in [4.69, 9.17) is 4.74 Å². The third kappa shape index (κ3) is 6.56. The zero-order valence-corrected chi connectivity index (χ0v) is 17.7. The molecule has 0 atom stereocenters. The number of hydrogen-bond acceptors (Lipinski definition) is 5. The molecule has 1 aromatic heterocycles. The van der Waals surface area contributed by atoms with Gasteiger partial charge in [-0.3, -0.25) is 4.79 Å². The summed E-state index contributed by atoms with van der Waals surface area (Å²) < 4.78 is 72.8. The van der Waals surface area contributed by atoms with E-state index in [1.54, 1.807) is 17.9 Å². The summed E-state index contributed by atoms with van der Waals surface area (Å²) in [6, 6.07) is 6.67. The number of rotatable bonds is 7. The average molecular weight is 471 g/mol. The number of carbonyl (C=O) groups excluding carboxylic acids is 1. The molecule has 1 fully saturated rings. The lowest BCUT2D eigenvalue weighted by Crippen LogP contribution is -2.48. The van der Waals surface area contributed by atoms with Crippen molar-refractivity contribution >= 4 is 17.8 Å². The van der Waals surface area contributed by atoms with E-state index in [9.17, 15) is 26.7 Å². The predicted molar refractivity (Wildman–Crippen MR) is 111 cm³/mol. The van der Waals surface area contributed by atoms with Crippen molar-refractivity contribution < 1.29 is 36.2 Å². The fraction of sp³-hybridized carbons (Fsp3) is 0.364. The molecule has 33 heavy (non-hydrogen) atoms. The van der Waals surface area contributed by atoms with Gasteiger partial charge < -0.3 is 19.3 Å². The van der Waals surface area contributed by atoms with Gasteiger partial charge in [0.05, 0.1) is 12.2 Å². The Labute approximate surface area is 187 Å². The maximum atomic E-state index is 12.7. The lowest BCUT2D eigenvalue weighted by atomic mass is 10.2. The van der Waals surface area contributed by atoms with E-state index in [1.807, 2.05) is 4.90 Å². The Kier molecular flexibility index (Phi) is 7.72. The molecule has 1 saturated heterocycles. The van der Waals surface area contributed by atoms with Crippen LogP contribution >= 0.6 is 0 Å². The first-order valence-corrected chi connectivity index (χ1v) is 10.1. The van der Waals surface area contributed by atoms with E-state index >= 15 is 0 Å². The number of amides is 1. The maximum Gasteiger partial charge on any atom is 0.417 e. The van der Waals surface area contributed by atoms with Crippen LogP contribution in [0.3, 0.4) is 0 Å². The Hall–Kier alpha value is -3.37. The van der Waals surface area contributed by atoms with Crippen LogP contribution in [0.1, 0.15) is 18.1 Å². The molecule has 178 valence electrons. The van der Waals surface area contributed by atoms with Crippen LogP contribution in [0, 0.1) is 0 Å². The highest BCUT2D eigenvalue weighted by Gasteiger charge is 2.31. The van der Waals surface area contributed by atoms with Crippen molar-refractivity contribution in [1.82, 2.24) is 9.88 Å². The van der Waals surface area contributed by atoms with Crippen LogP contribution in [0.25, 0.3) is 6.08 Å². The van der Waals surface area contributed by atoms with Gasteiger partial charge in [0, 0.05) is 38.5 Å². The van der Waals surface area contributed by atoms with Crippen LogP contribution in [0.2, 0.25) is 0 Å². The predicted octanol–water partition coefficient (Wildman–Crippen LogP) is 4.46. The number of carbonyl (C=O) groups is 1. The van der Waals surface area contributed by atoms with E-state index in [1.165, 1.54) is 30.3 Å². The van der Waals surface area contributed by atoms with Gasteiger partial charge in [-0.05, 0) is 42.8 Å². The Balaban J connectivity index is 1.58. The molecule has 0 unspecified atom stereocenters. The lowest BCUT2D eigenvalue weighted by molar-refractivity contribution is -0.137. The molecule has 2 heterocycles. The standard InChI is InChI=1S/C22H22F5N3O3/c1-2-32-18-13-15(3-6-17(18)33-21(23)24)4-8-20(31)30-11-9-29(10-12-30)19-7-5-16(14-28-19)22(25,26)27/h3-8,13-14,21H,2,9-12H2,1H3/b8-4+. The Morgan fingerprint density at radius 3 is 2.42 bits per heavy atom. The second-order valence-electron chi connectivity index (χ2n) is 7.07. The largest absolute Gasteiger partial charge is 0.490 e. The molecule has 0 saturated carbocycles. The number of benzene rings is 1. The highest BCUT2D eigenvalue weighted by atomic mass is 19.4. The van der Waals surface area contributed by atoms with E-state index in [0.29, 0.717) is 37.6 Å². The zero-order valence-electron chi connectivity index (χ0n) is 17.7. The highest BCUT2D eigenvalue weighted by molar-refractivity contribution is 5.92. The number of alkyl halides is 5. The number of aromatic nitrogens is 1. The summed E-state index contributed by atoms with van der Waals surface area (Å²) in [5.74, 6) is 0.217. The second kappa shape index (κ2) is 10.5.